The molecule has 558 valence electrons. The van der Waals surface area contributed by atoms with Crippen molar-refractivity contribution in [1.29, 1.82) is 0 Å². The molecule has 2 fully saturated rings. The zero-order valence-electron chi connectivity index (χ0n) is 53.7. The maximum atomic E-state index is 13.3. The van der Waals surface area contributed by atoms with Crippen molar-refractivity contribution < 1.29 is 128 Å². The van der Waals surface area contributed by atoms with Crippen LogP contribution in [0.15, 0.2) is 45.2 Å². The Morgan fingerprint density at radius 2 is 0.990 bits per heavy atom. The number of carboxylic acid groups (broad SMARTS) is 5. The predicted octanol–water partition coefficient (Wildman–Crippen LogP) is -4.65. The van der Waals surface area contributed by atoms with Crippen LogP contribution in [0.4, 0.5) is 56.0 Å². The summed E-state index contributed by atoms with van der Waals surface area (Å²) in [4.78, 5) is 154. The van der Waals surface area contributed by atoms with Gasteiger partial charge in [0, 0.05) is 84.7 Å². The topological polar surface area (TPSA) is 692 Å². The number of ketones is 2. The molecule has 8 heterocycles. The molecule has 4 atom stereocenters. The summed E-state index contributed by atoms with van der Waals surface area (Å²) in [6.07, 6.45) is -2.91. The van der Waals surface area contributed by atoms with Crippen LogP contribution in [0.3, 0.4) is 0 Å². The van der Waals surface area contributed by atoms with Crippen LogP contribution < -0.4 is 70.1 Å². The second-order valence-electron chi connectivity index (χ2n) is 22.1. The summed E-state index contributed by atoms with van der Waals surface area (Å²) in [5.74, 6) is -12.3. The van der Waals surface area contributed by atoms with Crippen LogP contribution in [0, 0.1) is 11.8 Å². The quantitative estimate of drug-likeness (QED) is 0.00702. The number of nitrogens with one attached hydrogen (secondary N) is 4. The number of carbonyl (C=O) groups is 11. The van der Waals surface area contributed by atoms with Crippen LogP contribution in [0.1, 0.15) is 52.2 Å². The molecule has 0 saturated carbocycles. The number of thioether (sulfide) groups is 2. The van der Waals surface area contributed by atoms with Gasteiger partial charge in [-0.2, -0.15) is 31.9 Å². The third-order valence-corrected chi connectivity index (χ3v) is 17.9. The highest BCUT2D eigenvalue weighted by Crippen LogP contribution is 2.47. The molecule has 44 nitrogen and oxygen atoms in total. The first-order valence-corrected chi connectivity index (χ1v) is 33.5. The molecule has 8 rings (SSSR count). The number of aliphatic carboxylic acids is 5. The van der Waals surface area contributed by atoms with E-state index in [0.717, 1.165) is 32.9 Å². The molecule has 102 heavy (non-hydrogen) atoms. The molecule has 21 N–H and O–H groups in total. The van der Waals surface area contributed by atoms with E-state index in [9.17, 15) is 81.5 Å². The minimum absolute atomic E-state index is 0.0242. The van der Waals surface area contributed by atoms with Crippen LogP contribution in [0.2, 0.25) is 0 Å². The Morgan fingerprint density at radius 1 is 0.667 bits per heavy atom. The minimum atomic E-state index is -5.19. The van der Waals surface area contributed by atoms with Crippen molar-refractivity contribution in [3.8, 4) is 0 Å². The van der Waals surface area contributed by atoms with Gasteiger partial charge in [0.2, 0.25) is 57.5 Å². The summed E-state index contributed by atoms with van der Waals surface area (Å²) in [6, 6.07) is -1.03. The molecule has 2 saturated heterocycles. The summed E-state index contributed by atoms with van der Waals surface area (Å²) in [5.41, 5.74) is 30.9. The summed E-state index contributed by atoms with van der Waals surface area (Å²) in [5, 5.41) is 64.1. The average Bonchev–Trinajstić information content (AvgIpc) is 0.918. The highest BCUT2D eigenvalue weighted by Gasteiger charge is 2.56. The maximum Gasteiger partial charge on any atom is 0.430 e. The second-order valence-corrected chi connectivity index (χ2v) is 26.7. The van der Waals surface area contributed by atoms with Gasteiger partial charge in [-0.1, -0.05) is 10.3 Å². The Morgan fingerprint density at radius 3 is 1.25 bits per heavy atom. The van der Waals surface area contributed by atoms with Crippen molar-refractivity contribution in [2.24, 2.45) is 47.7 Å². The third-order valence-electron chi connectivity index (χ3n) is 14.0. The van der Waals surface area contributed by atoms with E-state index in [4.69, 9.17) is 71.5 Å². The molecule has 6 amide bonds. The Labute approximate surface area is 588 Å². The fraction of sp³-hybridized carbons (Fsp3) is 0.460. The maximum absolute atomic E-state index is 13.3. The van der Waals surface area contributed by atoms with Crippen molar-refractivity contribution >= 4 is 167 Å². The Hall–Kier alpha value is -10.4. The molecule has 0 bridgehead atoms. The number of Topliss-reactive ketones (excluding diaryl/α,β-unsaturated/α-hetero) is 2. The van der Waals surface area contributed by atoms with E-state index in [-0.39, 0.29) is 107 Å². The second kappa shape index (κ2) is 33.9. The lowest BCUT2D eigenvalue weighted by Gasteiger charge is -2.49. The lowest BCUT2D eigenvalue weighted by molar-refractivity contribution is -0.765. The zero-order chi connectivity index (χ0) is 77.0. The van der Waals surface area contributed by atoms with Gasteiger partial charge < -0.3 is 89.6 Å². The number of amides is 6. The van der Waals surface area contributed by atoms with Crippen molar-refractivity contribution in [3.05, 3.63) is 46.6 Å². The normalized spacial score (nSPS) is 17.5. The van der Waals surface area contributed by atoms with Gasteiger partial charge in [-0.05, 0) is 27.7 Å². The number of aromatic nitrogens is 8. The number of nitrogen functional groups attached to an aromatic ring is 4. The Balaban J connectivity index is 0.000000316. The summed E-state index contributed by atoms with van der Waals surface area (Å²) >= 11 is 4.11. The van der Waals surface area contributed by atoms with Crippen LogP contribution in [-0.2, 0) is 90.4 Å². The van der Waals surface area contributed by atoms with E-state index in [2.05, 4.69) is 50.3 Å². The molecule has 4 aliphatic heterocycles. The van der Waals surface area contributed by atoms with E-state index in [1.807, 2.05) is 0 Å². The molecule has 0 aliphatic carbocycles. The van der Waals surface area contributed by atoms with E-state index in [1.165, 1.54) is 73.0 Å². The minimum Gasteiger partial charge on any atom is -0.726 e. The van der Waals surface area contributed by atoms with Gasteiger partial charge in [0.1, 0.15) is 17.4 Å². The number of β-lactam (4-membered cyclic amide) rings is 2. The molecule has 0 unspecified atom stereocenters. The predicted molar refractivity (Wildman–Crippen MR) is 345 cm³/mol. The molecule has 0 spiro atoms. The zero-order valence-corrected chi connectivity index (χ0v) is 57.8. The summed E-state index contributed by atoms with van der Waals surface area (Å²) in [7, 11) is -1.67. The average molecular weight is 1540 g/mol. The smallest absolute Gasteiger partial charge is 0.430 e. The van der Waals surface area contributed by atoms with Crippen LogP contribution >= 0.6 is 46.6 Å². The molecular weight excluding hydrogens is 1480 g/mol. The highest BCUT2D eigenvalue weighted by molar-refractivity contribution is 8.00. The van der Waals surface area contributed by atoms with Crippen molar-refractivity contribution in [3.63, 3.8) is 0 Å². The van der Waals surface area contributed by atoms with E-state index in [0.29, 0.717) is 11.1 Å². The number of carbonyl (C=O) groups excluding carboxylic acids is 7. The van der Waals surface area contributed by atoms with Gasteiger partial charge in [0.05, 0.1) is 36.7 Å². The Kier molecular flexibility index (Phi) is 27.3. The van der Waals surface area contributed by atoms with Crippen LogP contribution in [0.25, 0.3) is 0 Å². The number of nitrogens with two attached hydrogens (primary N) is 6. The van der Waals surface area contributed by atoms with Crippen molar-refractivity contribution in [2.45, 2.75) is 81.8 Å². The fourth-order valence-corrected chi connectivity index (χ4v) is 12.5. The molecule has 4 aliphatic rings. The molecule has 4 aromatic rings. The number of alkyl halides is 3. The molecule has 0 aromatic carbocycles. The van der Waals surface area contributed by atoms with E-state index in [1.54, 1.807) is 23.5 Å². The first-order valence-electron chi connectivity index (χ1n) is 28.5. The lowest BCUT2D eigenvalue weighted by atomic mass is 9.89. The van der Waals surface area contributed by atoms with E-state index >= 15 is 0 Å². The number of halogens is 3. The number of urea groups is 2. The van der Waals surface area contributed by atoms with Crippen molar-refractivity contribution in [1.82, 2.24) is 48.5 Å². The first-order chi connectivity index (χ1) is 47.3. The van der Waals surface area contributed by atoms with Crippen molar-refractivity contribution in [2.75, 3.05) is 71.3 Å². The van der Waals surface area contributed by atoms with Gasteiger partial charge >= 0.3 is 42.1 Å². The standard InChI is InChI=1S/2C24H31N11O8S2.C2HF3O2.H2O4S/c2*1-24(2,21(40)41)43-31-14(17-30-22(27)45-32-17)13(36)6-11-18(37)35-15(20(38)39)10(9-44-19(11)35)7-34-8-12(16(26)33(34)3)29-23(42)28-5-4-25;3-2(4,5)1(6)7;1-5(2,3)4/h2*8,11,19,26H,4-7,9,25H2,1-3H3,(H6,27,28,29,30,32,38,39,40,41,42);(H,6,7);(H2,1,2,3,4)/b2*31-14+;;/t2*11-,19-;;/m11../s1. The largest absolute Gasteiger partial charge is 0.726 e. The monoisotopic (exact) mass is 1540 g/mol. The lowest BCUT2D eigenvalue weighted by Crippen LogP contribution is -2.62. The number of fused-ring (bicyclic) bond motifs is 2. The molecular formula is C50H65F3N22O22S5. The highest BCUT2D eigenvalue weighted by atomic mass is 32.3. The number of hydrogen-bond acceptors (Lipinski definition) is 33. The van der Waals surface area contributed by atoms with Crippen LogP contribution in [-0.4, -0.2) is 218 Å². The number of carboxylic acids is 5. The number of nitrogens with zero attached hydrogens (tertiary/aromatic N) is 12. The third kappa shape index (κ3) is 20.9. The molecule has 4 aromatic heterocycles. The summed E-state index contributed by atoms with van der Waals surface area (Å²) in [6.45, 7) is 5.99. The first kappa shape index (κ1) is 82.3. The van der Waals surface area contributed by atoms with Crippen LogP contribution in [0.5, 0.6) is 0 Å². The molecule has 52 heteroatoms. The number of hydrogen-bond donors (Lipinski definition) is 15. The van der Waals surface area contributed by atoms with Gasteiger partial charge in [-0.15, -0.1) is 42.3 Å². The van der Waals surface area contributed by atoms with Gasteiger partial charge in [-0.25, -0.2) is 37.2 Å². The number of anilines is 6. The SMILES string of the molecule is Cn1c(N)c(NC(=O)NCCN)c[n+]1CC1=C(C(=O)O)N2C(=O)[C@@H](CC(=O)/C(=N\OC(C)(C)C(=O)O)c3nsc(N)n3)[C@H]2SC1.Cn1c(N)c(NC(=O)NCCN)c[n+]1CC1=C(C(=O)O)N2C(=O)[C@@H](CC(=O)/C(=N\OC(C)(C)C(=O)O)c3nsc(N)n3)[C@H]2SC1.O=C([O-])C(F)(F)F.O=S(=O)([O-])O. The molecule has 0 radical (unpaired) electrons. The Bertz CT molecular complexity index is 3960. The summed E-state index contributed by atoms with van der Waals surface area (Å²) < 4.78 is 78.5. The van der Waals surface area contributed by atoms with Gasteiger partial charge in [0.25, 0.3) is 0 Å². The number of rotatable bonds is 26. The van der Waals surface area contributed by atoms with Gasteiger partial charge in [0.15, 0.2) is 69.4 Å². The van der Waals surface area contributed by atoms with E-state index < -0.39 is 140 Å². The number of oxime groups is 2. The fourth-order valence-electron chi connectivity index (χ4n) is 8.79. The van der Waals surface area contributed by atoms with Gasteiger partial charge in [-0.3, -0.25) is 44.2 Å².